The van der Waals surface area contributed by atoms with Crippen LogP contribution in [-0.4, -0.2) is 12.3 Å². The van der Waals surface area contributed by atoms with Crippen molar-refractivity contribution >= 4 is 5.97 Å². The summed E-state index contributed by atoms with van der Waals surface area (Å²) in [5.41, 5.74) is -0.191. The predicted octanol–water partition coefficient (Wildman–Crippen LogP) is 3.94. The van der Waals surface area contributed by atoms with Gasteiger partial charge in [0.1, 0.15) is 11.4 Å². The highest BCUT2D eigenvalue weighted by Crippen LogP contribution is 2.29. The van der Waals surface area contributed by atoms with Crippen molar-refractivity contribution in [2.75, 3.05) is 0 Å². The van der Waals surface area contributed by atoms with Gasteiger partial charge in [0.2, 0.25) is 0 Å². The molecule has 0 aliphatic carbocycles. The number of benzene rings is 1. The summed E-state index contributed by atoms with van der Waals surface area (Å²) in [5.74, 6) is -0.895. The fraction of sp³-hybridized carbons (Fsp3) is 0.357. The van der Waals surface area contributed by atoms with Crippen molar-refractivity contribution < 1.29 is 27.4 Å². The Labute approximate surface area is 115 Å². The van der Waals surface area contributed by atoms with Crippen LogP contribution in [0.3, 0.4) is 0 Å². The smallest absolute Gasteiger partial charge is 0.451 e. The Hall–Kier alpha value is -1.98. The topological polar surface area (TPSA) is 35.5 Å². The normalized spacial score (nSPS) is 11.9. The summed E-state index contributed by atoms with van der Waals surface area (Å²) in [7, 11) is 0. The molecule has 0 radical (unpaired) electrons. The highest BCUT2D eigenvalue weighted by atomic mass is 19.4. The maximum absolute atomic E-state index is 12.0. The van der Waals surface area contributed by atoms with Gasteiger partial charge in [-0.1, -0.05) is 18.7 Å². The molecule has 0 bridgehead atoms. The van der Waals surface area contributed by atoms with Crippen molar-refractivity contribution in [1.82, 2.24) is 0 Å². The summed E-state index contributed by atoms with van der Waals surface area (Å²) >= 11 is 0. The average molecular weight is 288 g/mol. The minimum atomic E-state index is -4.73. The van der Waals surface area contributed by atoms with Gasteiger partial charge in [0.15, 0.2) is 0 Å². The van der Waals surface area contributed by atoms with Gasteiger partial charge >= 0.3 is 12.3 Å². The van der Waals surface area contributed by atoms with Crippen LogP contribution in [0.5, 0.6) is 5.75 Å². The Morgan fingerprint density at radius 1 is 1.15 bits per heavy atom. The van der Waals surface area contributed by atoms with Crippen molar-refractivity contribution in [3.05, 3.63) is 42.0 Å². The maximum Gasteiger partial charge on any atom is 0.573 e. The SMILES string of the molecule is C=C(C)C(=O)OC(C)(C)c1ccc(OC(F)(F)F)cc1. The Morgan fingerprint density at radius 3 is 2.05 bits per heavy atom. The van der Waals surface area contributed by atoms with Crippen molar-refractivity contribution in [3.8, 4) is 5.75 Å². The third kappa shape index (κ3) is 4.60. The minimum Gasteiger partial charge on any atom is -0.451 e. The molecule has 20 heavy (non-hydrogen) atoms. The van der Waals surface area contributed by atoms with Crippen LogP contribution < -0.4 is 4.74 Å². The molecule has 0 aliphatic rings. The van der Waals surface area contributed by atoms with Crippen LogP contribution in [0, 0.1) is 0 Å². The second-order valence-corrected chi connectivity index (χ2v) is 4.75. The minimum absolute atomic E-state index is 0.245. The van der Waals surface area contributed by atoms with E-state index < -0.39 is 17.9 Å². The van der Waals surface area contributed by atoms with E-state index in [1.807, 2.05) is 0 Å². The molecular formula is C14H15F3O3. The van der Waals surface area contributed by atoms with Crippen LogP contribution in [0.1, 0.15) is 26.3 Å². The standard InChI is InChI=1S/C14H15F3O3/c1-9(2)12(18)20-13(3,4)10-5-7-11(8-6-10)19-14(15,16)17/h5-8H,1H2,2-4H3. The van der Waals surface area contributed by atoms with E-state index in [2.05, 4.69) is 11.3 Å². The zero-order valence-corrected chi connectivity index (χ0v) is 11.4. The molecule has 0 saturated heterocycles. The summed E-state index contributed by atoms with van der Waals surface area (Å²) < 4.78 is 45.1. The lowest BCUT2D eigenvalue weighted by molar-refractivity contribution is -0.274. The first-order valence-corrected chi connectivity index (χ1v) is 5.76. The van der Waals surface area contributed by atoms with Gasteiger partial charge in [-0.25, -0.2) is 4.79 Å². The first-order chi connectivity index (χ1) is 9.01. The molecule has 0 atom stereocenters. The van der Waals surface area contributed by atoms with Gasteiger partial charge in [0, 0.05) is 5.57 Å². The van der Waals surface area contributed by atoms with E-state index in [9.17, 15) is 18.0 Å². The number of halogens is 3. The lowest BCUT2D eigenvalue weighted by atomic mass is 9.98. The van der Waals surface area contributed by atoms with Gasteiger partial charge in [-0.15, -0.1) is 13.2 Å². The molecule has 0 amide bonds. The van der Waals surface area contributed by atoms with Gasteiger partial charge in [0.05, 0.1) is 0 Å². The highest BCUT2D eigenvalue weighted by Gasteiger charge is 2.31. The van der Waals surface area contributed by atoms with Crippen molar-refractivity contribution in [1.29, 1.82) is 0 Å². The average Bonchev–Trinajstić information content (AvgIpc) is 2.26. The molecular weight excluding hydrogens is 273 g/mol. The van der Waals surface area contributed by atoms with Gasteiger partial charge in [-0.3, -0.25) is 0 Å². The maximum atomic E-state index is 12.0. The third-order valence-electron chi connectivity index (χ3n) is 2.48. The van der Waals surface area contributed by atoms with Crippen LogP contribution in [0.4, 0.5) is 13.2 Å². The summed E-state index contributed by atoms with van der Waals surface area (Å²) in [4.78, 5) is 11.5. The Bertz CT molecular complexity index is 501. The van der Waals surface area contributed by atoms with E-state index in [0.717, 1.165) is 0 Å². The molecule has 1 rings (SSSR count). The molecule has 1 aromatic carbocycles. The summed E-state index contributed by atoms with van der Waals surface area (Å²) in [6.07, 6.45) is -4.73. The van der Waals surface area contributed by atoms with Gasteiger partial charge in [-0.2, -0.15) is 0 Å². The van der Waals surface area contributed by atoms with Gasteiger partial charge in [-0.05, 0) is 38.5 Å². The molecule has 0 spiro atoms. The molecule has 0 unspecified atom stereocenters. The van der Waals surface area contributed by atoms with Crippen LogP contribution in [-0.2, 0) is 15.1 Å². The van der Waals surface area contributed by atoms with Gasteiger partial charge in [0.25, 0.3) is 0 Å². The molecule has 3 nitrogen and oxygen atoms in total. The van der Waals surface area contributed by atoms with Crippen LogP contribution >= 0.6 is 0 Å². The highest BCUT2D eigenvalue weighted by molar-refractivity contribution is 5.87. The van der Waals surface area contributed by atoms with E-state index in [-0.39, 0.29) is 11.3 Å². The monoisotopic (exact) mass is 288 g/mol. The second-order valence-electron chi connectivity index (χ2n) is 4.75. The molecule has 0 saturated carbocycles. The van der Waals surface area contributed by atoms with Crippen molar-refractivity contribution in [2.45, 2.75) is 32.7 Å². The lowest BCUT2D eigenvalue weighted by Gasteiger charge is -2.26. The van der Waals surface area contributed by atoms with E-state index in [4.69, 9.17) is 4.74 Å². The Kier molecular flexibility index (Phi) is 4.47. The molecule has 0 aliphatic heterocycles. The lowest BCUT2D eigenvalue weighted by Crippen LogP contribution is -2.26. The quantitative estimate of drug-likeness (QED) is 0.622. The predicted molar refractivity (Wildman–Crippen MR) is 67.1 cm³/mol. The zero-order valence-electron chi connectivity index (χ0n) is 11.4. The van der Waals surface area contributed by atoms with Crippen LogP contribution in [0.25, 0.3) is 0 Å². The fourth-order valence-electron chi connectivity index (χ4n) is 1.44. The molecule has 6 heteroatoms. The fourth-order valence-corrected chi connectivity index (χ4v) is 1.44. The Morgan fingerprint density at radius 2 is 1.65 bits per heavy atom. The van der Waals surface area contributed by atoms with Gasteiger partial charge < -0.3 is 9.47 Å². The molecule has 110 valence electrons. The number of carbonyl (C=O) groups excluding carboxylic acids is 1. The number of esters is 1. The van der Waals surface area contributed by atoms with Crippen molar-refractivity contribution in [3.63, 3.8) is 0 Å². The summed E-state index contributed by atoms with van der Waals surface area (Å²) in [6, 6.07) is 5.15. The van der Waals surface area contributed by atoms with Crippen molar-refractivity contribution in [2.24, 2.45) is 0 Å². The molecule has 0 heterocycles. The molecule has 1 aromatic rings. The van der Waals surface area contributed by atoms with Crippen LogP contribution in [0.2, 0.25) is 0 Å². The second kappa shape index (κ2) is 5.56. The van der Waals surface area contributed by atoms with E-state index in [0.29, 0.717) is 5.56 Å². The third-order valence-corrected chi connectivity index (χ3v) is 2.48. The number of rotatable bonds is 4. The summed E-state index contributed by atoms with van der Waals surface area (Å²) in [5, 5.41) is 0. The Balaban J connectivity index is 2.86. The zero-order chi connectivity index (χ0) is 15.6. The van der Waals surface area contributed by atoms with E-state index in [1.54, 1.807) is 13.8 Å². The van der Waals surface area contributed by atoms with E-state index >= 15 is 0 Å². The number of carbonyl (C=O) groups is 1. The number of alkyl halides is 3. The molecule has 0 N–H and O–H groups in total. The van der Waals surface area contributed by atoms with Crippen LogP contribution in [0.15, 0.2) is 36.4 Å². The largest absolute Gasteiger partial charge is 0.573 e. The molecule has 0 fully saturated rings. The number of ether oxygens (including phenoxy) is 2. The summed E-state index contributed by atoms with van der Waals surface area (Å²) in [6.45, 7) is 8.25. The van der Waals surface area contributed by atoms with E-state index in [1.165, 1.54) is 31.2 Å². The first kappa shape index (κ1) is 16.1. The number of hydrogen-bond acceptors (Lipinski definition) is 3. The molecule has 0 aromatic heterocycles. The first-order valence-electron chi connectivity index (χ1n) is 5.76. The number of hydrogen-bond donors (Lipinski definition) is 0.